The number of anilines is 1. The van der Waals surface area contributed by atoms with Gasteiger partial charge in [0.1, 0.15) is 5.69 Å². The van der Waals surface area contributed by atoms with E-state index in [9.17, 15) is 4.79 Å². The Hall–Kier alpha value is -2.87. The average molecular weight is 306 g/mol. The molecule has 2 heterocycles. The van der Waals surface area contributed by atoms with Crippen molar-refractivity contribution in [3.63, 3.8) is 0 Å². The maximum Gasteiger partial charge on any atom is 0.291 e. The summed E-state index contributed by atoms with van der Waals surface area (Å²) in [5.74, 6) is 2.29. The number of aromatic nitrogens is 3. The highest BCUT2D eigenvalue weighted by molar-refractivity contribution is 6.03. The average Bonchev–Trinajstić information content (AvgIpc) is 3.06. The monoisotopic (exact) mass is 306 g/mol. The highest BCUT2D eigenvalue weighted by Crippen LogP contribution is 2.30. The Morgan fingerprint density at radius 1 is 1.39 bits per heavy atom. The normalized spacial score (nSPS) is 14.0. The van der Waals surface area contributed by atoms with E-state index in [1.54, 1.807) is 0 Å². The largest absolute Gasteiger partial charge is 0.327 e. The summed E-state index contributed by atoms with van der Waals surface area (Å²) in [6, 6.07) is 3.77. The highest BCUT2D eigenvalue weighted by Gasteiger charge is 2.16. The Morgan fingerprint density at radius 2 is 2.26 bits per heavy atom. The SMILES string of the molecule is C#Cc1cnc(C(=O)Nc2ccc(C)nc2C2=CCCCC2)[nH]1. The molecule has 23 heavy (non-hydrogen) atoms. The number of aryl methyl sites for hydroxylation is 1. The van der Waals surface area contributed by atoms with Crippen LogP contribution in [0, 0.1) is 19.3 Å². The lowest BCUT2D eigenvalue weighted by Crippen LogP contribution is -2.16. The van der Waals surface area contributed by atoms with Crippen LogP contribution in [-0.2, 0) is 0 Å². The minimum Gasteiger partial charge on any atom is -0.327 e. The van der Waals surface area contributed by atoms with E-state index in [-0.39, 0.29) is 11.7 Å². The van der Waals surface area contributed by atoms with Crippen LogP contribution in [0.3, 0.4) is 0 Å². The van der Waals surface area contributed by atoms with Crippen molar-refractivity contribution in [2.75, 3.05) is 5.32 Å². The molecule has 1 amide bonds. The number of H-pyrrole nitrogens is 1. The maximum absolute atomic E-state index is 12.3. The van der Waals surface area contributed by atoms with Gasteiger partial charge in [0, 0.05) is 5.69 Å². The molecule has 3 rings (SSSR count). The summed E-state index contributed by atoms with van der Waals surface area (Å²) < 4.78 is 0. The number of rotatable bonds is 3. The molecule has 0 saturated heterocycles. The molecule has 2 aromatic rings. The van der Waals surface area contributed by atoms with Crippen LogP contribution in [0.4, 0.5) is 5.69 Å². The third-order valence-electron chi connectivity index (χ3n) is 3.82. The van der Waals surface area contributed by atoms with E-state index in [0.717, 1.165) is 30.7 Å². The van der Waals surface area contributed by atoms with Crippen molar-refractivity contribution in [3.8, 4) is 12.3 Å². The third kappa shape index (κ3) is 3.32. The van der Waals surface area contributed by atoms with Gasteiger partial charge in [0.15, 0.2) is 5.82 Å². The van der Waals surface area contributed by atoms with Gasteiger partial charge in [-0.2, -0.15) is 0 Å². The zero-order valence-corrected chi connectivity index (χ0v) is 13.0. The van der Waals surface area contributed by atoms with Gasteiger partial charge in [-0.15, -0.1) is 6.42 Å². The Bertz CT molecular complexity index is 811. The molecule has 1 aliphatic rings. The van der Waals surface area contributed by atoms with Crippen LogP contribution in [0.25, 0.3) is 5.57 Å². The fourth-order valence-corrected chi connectivity index (χ4v) is 2.65. The number of hydrogen-bond donors (Lipinski definition) is 2. The smallest absolute Gasteiger partial charge is 0.291 e. The Kier molecular flexibility index (Phi) is 4.24. The number of amides is 1. The summed E-state index contributed by atoms with van der Waals surface area (Å²) in [6.45, 7) is 1.95. The van der Waals surface area contributed by atoms with Crippen LogP contribution >= 0.6 is 0 Å². The van der Waals surface area contributed by atoms with E-state index in [1.807, 2.05) is 19.1 Å². The van der Waals surface area contributed by atoms with Crippen molar-refractivity contribution in [1.82, 2.24) is 15.0 Å². The van der Waals surface area contributed by atoms with Crippen molar-refractivity contribution in [2.45, 2.75) is 32.6 Å². The number of imidazole rings is 1. The first-order valence-electron chi connectivity index (χ1n) is 7.67. The lowest BCUT2D eigenvalue weighted by Gasteiger charge is -2.16. The predicted octanol–water partition coefficient (Wildman–Crippen LogP) is 3.30. The molecular weight excluding hydrogens is 288 g/mol. The van der Waals surface area contributed by atoms with Crippen molar-refractivity contribution in [1.29, 1.82) is 0 Å². The summed E-state index contributed by atoms with van der Waals surface area (Å²) in [7, 11) is 0. The van der Waals surface area contributed by atoms with Crippen LogP contribution in [-0.4, -0.2) is 20.9 Å². The second-order valence-corrected chi connectivity index (χ2v) is 5.57. The fraction of sp³-hybridized carbons (Fsp3) is 0.278. The summed E-state index contributed by atoms with van der Waals surface area (Å²) in [5, 5.41) is 2.88. The molecule has 5 nitrogen and oxygen atoms in total. The van der Waals surface area contributed by atoms with Crippen LogP contribution < -0.4 is 5.32 Å². The molecule has 0 saturated carbocycles. The summed E-state index contributed by atoms with van der Waals surface area (Å²) >= 11 is 0. The fourth-order valence-electron chi connectivity index (χ4n) is 2.65. The lowest BCUT2D eigenvalue weighted by molar-refractivity contribution is 0.101. The molecule has 1 aliphatic carbocycles. The van der Waals surface area contributed by atoms with Gasteiger partial charge in [0.05, 0.1) is 17.6 Å². The molecular formula is C18H18N4O. The second kappa shape index (κ2) is 6.49. The number of allylic oxidation sites excluding steroid dienone is 2. The first kappa shape index (κ1) is 15.0. The lowest BCUT2D eigenvalue weighted by atomic mass is 9.96. The zero-order chi connectivity index (χ0) is 16.2. The Balaban J connectivity index is 1.89. The number of nitrogens with zero attached hydrogens (tertiary/aromatic N) is 2. The molecule has 0 spiro atoms. The van der Waals surface area contributed by atoms with Crippen molar-refractivity contribution >= 4 is 17.2 Å². The minimum absolute atomic E-state index is 0.196. The van der Waals surface area contributed by atoms with Gasteiger partial charge in [-0.05, 0) is 50.3 Å². The predicted molar refractivity (Wildman–Crippen MR) is 89.9 cm³/mol. The Morgan fingerprint density at radius 3 is 2.96 bits per heavy atom. The van der Waals surface area contributed by atoms with E-state index in [0.29, 0.717) is 11.4 Å². The van der Waals surface area contributed by atoms with Gasteiger partial charge >= 0.3 is 0 Å². The van der Waals surface area contributed by atoms with Gasteiger partial charge in [-0.1, -0.05) is 12.0 Å². The minimum atomic E-state index is -0.324. The summed E-state index contributed by atoms with van der Waals surface area (Å²) in [5.41, 5.74) is 4.15. The number of carbonyl (C=O) groups excluding carboxylic acids is 1. The quantitative estimate of drug-likeness (QED) is 0.855. The van der Waals surface area contributed by atoms with Gasteiger partial charge in [0.2, 0.25) is 0 Å². The summed E-state index contributed by atoms with van der Waals surface area (Å²) in [4.78, 5) is 23.8. The van der Waals surface area contributed by atoms with Gasteiger partial charge in [0.25, 0.3) is 5.91 Å². The third-order valence-corrected chi connectivity index (χ3v) is 3.82. The maximum atomic E-state index is 12.3. The molecule has 0 radical (unpaired) electrons. The number of pyridine rings is 1. The molecule has 0 atom stereocenters. The highest BCUT2D eigenvalue weighted by atomic mass is 16.2. The van der Waals surface area contributed by atoms with Crippen molar-refractivity contribution < 1.29 is 4.79 Å². The standard InChI is InChI=1S/C18H18N4O/c1-3-14-11-19-17(21-14)18(23)22-15-10-9-12(2)20-16(15)13-7-5-4-6-8-13/h1,7,9-11H,4-6,8H2,2H3,(H,19,21)(H,22,23). The molecule has 116 valence electrons. The van der Waals surface area contributed by atoms with E-state index >= 15 is 0 Å². The van der Waals surface area contributed by atoms with Crippen LogP contribution in [0.15, 0.2) is 24.4 Å². The van der Waals surface area contributed by atoms with Crippen molar-refractivity contribution in [2.24, 2.45) is 0 Å². The number of terminal acetylenes is 1. The molecule has 0 aliphatic heterocycles. The van der Waals surface area contributed by atoms with E-state index in [4.69, 9.17) is 6.42 Å². The van der Waals surface area contributed by atoms with Crippen molar-refractivity contribution in [3.05, 3.63) is 47.3 Å². The van der Waals surface area contributed by atoms with Crippen LogP contribution in [0.1, 0.15) is 53.4 Å². The number of aromatic amines is 1. The first-order chi connectivity index (χ1) is 11.2. The molecule has 0 bridgehead atoms. The van der Waals surface area contributed by atoms with E-state index in [2.05, 4.69) is 32.3 Å². The van der Waals surface area contributed by atoms with E-state index in [1.165, 1.54) is 18.2 Å². The Labute approximate surface area is 135 Å². The van der Waals surface area contributed by atoms with Gasteiger partial charge < -0.3 is 10.3 Å². The molecule has 2 N–H and O–H groups in total. The molecule has 2 aromatic heterocycles. The number of hydrogen-bond acceptors (Lipinski definition) is 3. The van der Waals surface area contributed by atoms with E-state index < -0.39 is 0 Å². The topological polar surface area (TPSA) is 70.7 Å². The molecule has 5 heteroatoms. The van der Waals surface area contributed by atoms with Gasteiger partial charge in [-0.3, -0.25) is 9.78 Å². The zero-order valence-electron chi connectivity index (χ0n) is 13.0. The van der Waals surface area contributed by atoms with Crippen LogP contribution in [0.5, 0.6) is 0 Å². The number of carbonyl (C=O) groups is 1. The second-order valence-electron chi connectivity index (χ2n) is 5.57. The van der Waals surface area contributed by atoms with Crippen LogP contribution in [0.2, 0.25) is 0 Å². The molecule has 0 fully saturated rings. The number of nitrogens with one attached hydrogen (secondary N) is 2. The first-order valence-corrected chi connectivity index (χ1v) is 7.67. The summed E-state index contributed by atoms with van der Waals surface area (Å²) in [6.07, 6.45) is 13.4. The molecule has 0 unspecified atom stereocenters. The molecule has 0 aromatic carbocycles. The van der Waals surface area contributed by atoms with Gasteiger partial charge in [-0.25, -0.2) is 4.98 Å².